The van der Waals surface area contributed by atoms with Gasteiger partial charge in [0, 0.05) is 0 Å². The molecule has 0 saturated heterocycles. The van der Waals surface area contributed by atoms with Crippen LogP contribution in [0.4, 0.5) is 0 Å². The van der Waals surface area contributed by atoms with Crippen LogP contribution in [-0.4, -0.2) is 11.0 Å². The highest BCUT2D eigenvalue weighted by atomic mass is 16.3. The predicted octanol–water partition coefficient (Wildman–Crippen LogP) is 7.39. The SMILES string of the molecule is CCCCCCCC/C=C\CCCCCCCCC(C(N)=O)c1cccc(O)c1. The highest BCUT2D eigenvalue weighted by Gasteiger charge is 2.17. The average molecular weight is 402 g/mol. The number of allylic oxidation sites excluding steroid dienone is 2. The number of hydrogen-bond acceptors (Lipinski definition) is 2. The molecule has 1 unspecified atom stereocenters. The Morgan fingerprint density at radius 2 is 1.45 bits per heavy atom. The van der Waals surface area contributed by atoms with Crippen LogP contribution in [0.25, 0.3) is 0 Å². The zero-order chi connectivity index (χ0) is 21.2. The number of carbonyl (C=O) groups is 1. The topological polar surface area (TPSA) is 63.3 Å². The van der Waals surface area contributed by atoms with Crippen molar-refractivity contribution in [3.05, 3.63) is 42.0 Å². The van der Waals surface area contributed by atoms with E-state index in [1.54, 1.807) is 18.2 Å². The monoisotopic (exact) mass is 401 g/mol. The predicted molar refractivity (Wildman–Crippen MR) is 124 cm³/mol. The average Bonchev–Trinajstić information content (AvgIpc) is 2.70. The van der Waals surface area contributed by atoms with E-state index in [2.05, 4.69) is 19.1 Å². The van der Waals surface area contributed by atoms with E-state index in [0.29, 0.717) is 0 Å². The standard InChI is InChI=1S/C26H43NO2/c1-2-3-4-5-6-7-8-9-10-11-12-13-14-15-16-17-21-25(26(27)29)23-19-18-20-24(28)22-23/h9-10,18-20,22,25,28H,2-8,11-17,21H2,1H3,(H2,27,29)/b10-9-. The van der Waals surface area contributed by atoms with Gasteiger partial charge in [-0.25, -0.2) is 0 Å². The lowest BCUT2D eigenvalue weighted by molar-refractivity contribution is -0.119. The van der Waals surface area contributed by atoms with E-state index in [4.69, 9.17) is 5.73 Å². The van der Waals surface area contributed by atoms with Crippen molar-refractivity contribution in [2.75, 3.05) is 0 Å². The molecule has 0 aliphatic carbocycles. The molecule has 0 fully saturated rings. The maximum Gasteiger partial charge on any atom is 0.224 e. The largest absolute Gasteiger partial charge is 0.508 e. The third kappa shape index (κ3) is 13.1. The molecule has 0 radical (unpaired) electrons. The van der Waals surface area contributed by atoms with Gasteiger partial charge in [0.25, 0.3) is 0 Å². The molecule has 0 heterocycles. The summed E-state index contributed by atoms with van der Waals surface area (Å²) in [5.74, 6) is -0.406. The van der Waals surface area contributed by atoms with Gasteiger partial charge in [-0.3, -0.25) is 4.79 Å². The number of carbonyl (C=O) groups excluding carboxylic acids is 1. The second-order valence-electron chi connectivity index (χ2n) is 8.28. The number of phenolic OH excluding ortho intramolecular Hbond substituents is 1. The molecule has 0 spiro atoms. The van der Waals surface area contributed by atoms with Crippen LogP contribution in [0, 0.1) is 0 Å². The number of rotatable bonds is 18. The van der Waals surface area contributed by atoms with E-state index in [0.717, 1.165) is 24.8 Å². The fourth-order valence-electron chi connectivity index (χ4n) is 3.81. The lowest BCUT2D eigenvalue weighted by atomic mass is 9.92. The Morgan fingerprint density at radius 1 is 0.897 bits per heavy atom. The van der Waals surface area contributed by atoms with Crippen LogP contribution in [0.3, 0.4) is 0 Å². The van der Waals surface area contributed by atoms with Crippen molar-refractivity contribution in [3.63, 3.8) is 0 Å². The highest BCUT2D eigenvalue weighted by molar-refractivity contribution is 5.82. The van der Waals surface area contributed by atoms with Crippen molar-refractivity contribution in [2.24, 2.45) is 5.73 Å². The molecule has 0 aliphatic heterocycles. The molecule has 1 atom stereocenters. The van der Waals surface area contributed by atoms with E-state index in [1.165, 1.54) is 77.0 Å². The molecule has 0 aromatic heterocycles. The second-order valence-corrected chi connectivity index (χ2v) is 8.28. The van der Waals surface area contributed by atoms with Gasteiger partial charge in [0.05, 0.1) is 5.92 Å². The first kappa shape index (κ1) is 25.3. The molecule has 1 aromatic rings. The normalized spacial score (nSPS) is 12.4. The fraction of sp³-hybridized carbons (Fsp3) is 0.654. The Morgan fingerprint density at radius 3 is 2.00 bits per heavy atom. The molecule has 29 heavy (non-hydrogen) atoms. The molecule has 1 amide bonds. The third-order valence-electron chi connectivity index (χ3n) is 5.62. The Labute approximate surface area is 178 Å². The summed E-state index contributed by atoms with van der Waals surface area (Å²) < 4.78 is 0. The molecule has 3 N–H and O–H groups in total. The molecule has 0 saturated carbocycles. The maximum absolute atomic E-state index is 11.7. The van der Waals surface area contributed by atoms with Crippen molar-refractivity contribution in [2.45, 2.75) is 109 Å². The van der Waals surface area contributed by atoms with Gasteiger partial charge in [0.1, 0.15) is 5.75 Å². The van der Waals surface area contributed by atoms with Gasteiger partial charge >= 0.3 is 0 Å². The summed E-state index contributed by atoms with van der Waals surface area (Å²) in [6, 6.07) is 6.90. The summed E-state index contributed by atoms with van der Waals surface area (Å²) in [5.41, 5.74) is 6.38. The van der Waals surface area contributed by atoms with Crippen LogP contribution < -0.4 is 5.73 Å². The van der Waals surface area contributed by atoms with E-state index in [1.807, 2.05) is 6.07 Å². The lowest BCUT2D eigenvalue weighted by Crippen LogP contribution is -2.21. The summed E-state index contributed by atoms with van der Waals surface area (Å²) in [6.07, 6.45) is 23.4. The van der Waals surface area contributed by atoms with Crippen molar-refractivity contribution in [3.8, 4) is 5.75 Å². The van der Waals surface area contributed by atoms with Gasteiger partial charge in [-0.15, -0.1) is 0 Å². The Hall–Kier alpha value is -1.77. The van der Waals surface area contributed by atoms with E-state index in [-0.39, 0.29) is 17.6 Å². The molecule has 3 nitrogen and oxygen atoms in total. The van der Waals surface area contributed by atoms with Gasteiger partial charge < -0.3 is 10.8 Å². The number of aromatic hydroxyl groups is 1. The van der Waals surface area contributed by atoms with E-state index >= 15 is 0 Å². The Kier molecular flexibility index (Phi) is 14.9. The summed E-state index contributed by atoms with van der Waals surface area (Å²) in [4.78, 5) is 11.7. The first-order chi connectivity index (χ1) is 14.1. The fourth-order valence-corrected chi connectivity index (χ4v) is 3.81. The summed E-state index contributed by atoms with van der Waals surface area (Å²) in [5, 5.41) is 9.60. The van der Waals surface area contributed by atoms with E-state index < -0.39 is 0 Å². The lowest BCUT2D eigenvalue weighted by Gasteiger charge is -2.14. The Bertz CT molecular complexity index is 568. The van der Waals surface area contributed by atoms with Gasteiger partial charge in [-0.05, 0) is 49.8 Å². The highest BCUT2D eigenvalue weighted by Crippen LogP contribution is 2.25. The zero-order valence-electron chi connectivity index (χ0n) is 18.6. The van der Waals surface area contributed by atoms with Crippen molar-refractivity contribution in [1.82, 2.24) is 0 Å². The molecule has 0 aliphatic rings. The first-order valence-electron chi connectivity index (χ1n) is 11.9. The minimum atomic E-state index is -0.302. The number of primary amides is 1. The summed E-state index contributed by atoms with van der Waals surface area (Å²) >= 11 is 0. The van der Waals surface area contributed by atoms with Gasteiger partial charge in [0.15, 0.2) is 0 Å². The van der Waals surface area contributed by atoms with E-state index in [9.17, 15) is 9.90 Å². The number of benzene rings is 1. The van der Waals surface area contributed by atoms with Crippen LogP contribution in [0.15, 0.2) is 36.4 Å². The molecule has 3 heteroatoms. The minimum Gasteiger partial charge on any atom is -0.508 e. The zero-order valence-corrected chi connectivity index (χ0v) is 18.6. The van der Waals surface area contributed by atoms with Crippen molar-refractivity contribution >= 4 is 5.91 Å². The molecular formula is C26H43NO2. The van der Waals surface area contributed by atoms with Crippen LogP contribution in [0.5, 0.6) is 5.75 Å². The van der Waals surface area contributed by atoms with Gasteiger partial charge in [0.2, 0.25) is 5.91 Å². The summed E-state index contributed by atoms with van der Waals surface area (Å²) in [6.45, 7) is 2.27. The first-order valence-corrected chi connectivity index (χ1v) is 11.9. The van der Waals surface area contributed by atoms with Gasteiger partial charge in [-0.2, -0.15) is 0 Å². The maximum atomic E-state index is 11.7. The van der Waals surface area contributed by atoms with Crippen LogP contribution in [-0.2, 0) is 4.79 Å². The van der Waals surface area contributed by atoms with Crippen molar-refractivity contribution in [1.29, 1.82) is 0 Å². The molecule has 0 bridgehead atoms. The van der Waals surface area contributed by atoms with Gasteiger partial charge in [-0.1, -0.05) is 95.4 Å². The summed E-state index contributed by atoms with van der Waals surface area (Å²) in [7, 11) is 0. The smallest absolute Gasteiger partial charge is 0.224 e. The Balaban J connectivity index is 1.98. The van der Waals surface area contributed by atoms with Crippen molar-refractivity contribution < 1.29 is 9.90 Å². The number of hydrogen-bond donors (Lipinski definition) is 2. The molecule has 164 valence electrons. The number of unbranched alkanes of at least 4 members (excludes halogenated alkanes) is 12. The molecule has 1 aromatic carbocycles. The number of amides is 1. The van der Waals surface area contributed by atoms with Crippen LogP contribution >= 0.6 is 0 Å². The quantitative estimate of drug-likeness (QED) is 0.199. The van der Waals surface area contributed by atoms with Crippen LogP contribution in [0.2, 0.25) is 0 Å². The minimum absolute atomic E-state index is 0.190. The molecular weight excluding hydrogens is 358 g/mol. The van der Waals surface area contributed by atoms with Crippen LogP contribution in [0.1, 0.15) is 115 Å². The number of nitrogens with two attached hydrogens (primary N) is 1. The third-order valence-corrected chi connectivity index (χ3v) is 5.62. The second kappa shape index (κ2) is 17.1. The molecule has 1 rings (SSSR count). The number of phenols is 1.